The molecular weight excluding hydrogens is 412 g/mol. The van der Waals surface area contributed by atoms with E-state index in [1.807, 2.05) is 30.5 Å². The van der Waals surface area contributed by atoms with E-state index in [1.165, 1.54) is 5.56 Å². The Morgan fingerprint density at radius 3 is 2.52 bits per heavy atom. The first-order chi connectivity index (χ1) is 16.1. The van der Waals surface area contributed by atoms with Crippen LogP contribution in [0.2, 0.25) is 0 Å². The summed E-state index contributed by atoms with van der Waals surface area (Å²) >= 11 is 0. The van der Waals surface area contributed by atoms with Crippen LogP contribution < -0.4 is 4.74 Å². The summed E-state index contributed by atoms with van der Waals surface area (Å²) in [6.45, 7) is 6.09. The van der Waals surface area contributed by atoms with Gasteiger partial charge in [0.25, 0.3) is 0 Å². The number of esters is 1. The second-order valence-corrected chi connectivity index (χ2v) is 8.44. The van der Waals surface area contributed by atoms with Gasteiger partial charge in [0.05, 0.1) is 11.0 Å². The number of aryl methyl sites for hydroxylation is 2. The molecule has 168 valence electrons. The second kappa shape index (κ2) is 8.70. The van der Waals surface area contributed by atoms with Crippen LogP contribution in [0.1, 0.15) is 51.0 Å². The minimum atomic E-state index is -0.264. The van der Waals surface area contributed by atoms with E-state index in [9.17, 15) is 4.79 Å². The molecule has 0 fully saturated rings. The third-order valence-corrected chi connectivity index (χ3v) is 6.25. The summed E-state index contributed by atoms with van der Waals surface area (Å²) in [6.07, 6.45) is 4.91. The molecule has 3 aromatic heterocycles. The predicted octanol–water partition coefficient (Wildman–Crippen LogP) is 5.91. The van der Waals surface area contributed by atoms with Gasteiger partial charge < -0.3 is 9.30 Å². The number of hydrogen-bond donors (Lipinski definition) is 0. The van der Waals surface area contributed by atoms with E-state index in [-0.39, 0.29) is 12.0 Å². The summed E-state index contributed by atoms with van der Waals surface area (Å²) in [4.78, 5) is 22.3. The number of nitrogens with zero attached hydrogens (tertiary/aromatic N) is 4. The molecule has 6 nitrogen and oxygen atoms in total. The fourth-order valence-corrected chi connectivity index (χ4v) is 4.45. The zero-order valence-electron chi connectivity index (χ0n) is 19.3. The maximum Gasteiger partial charge on any atom is 0.310 e. The average Bonchev–Trinajstić information content (AvgIpc) is 3.41. The topological polar surface area (TPSA) is 61.4 Å². The van der Waals surface area contributed by atoms with Gasteiger partial charge in [0.15, 0.2) is 11.4 Å². The molecule has 0 saturated heterocycles. The largest absolute Gasteiger partial charge is 0.424 e. The van der Waals surface area contributed by atoms with Gasteiger partial charge in [-0.1, -0.05) is 56.3 Å². The van der Waals surface area contributed by atoms with Crippen LogP contribution in [0, 0.1) is 0 Å². The summed E-state index contributed by atoms with van der Waals surface area (Å²) in [6, 6.07) is 18.7. The van der Waals surface area contributed by atoms with E-state index in [0.717, 1.165) is 52.8 Å². The summed E-state index contributed by atoms with van der Waals surface area (Å²) < 4.78 is 10.0. The van der Waals surface area contributed by atoms with Crippen LogP contribution in [0.5, 0.6) is 5.75 Å². The number of rotatable bonds is 7. The Bertz CT molecular complexity index is 1450. The number of aromatic nitrogens is 4. The number of para-hydroxylation sites is 2. The molecule has 2 aromatic carbocycles. The summed E-state index contributed by atoms with van der Waals surface area (Å²) in [5, 5.41) is 0.789. The van der Waals surface area contributed by atoms with Crippen LogP contribution in [0.25, 0.3) is 27.7 Å². The third-order valence-electron chi connectivity index (χ3n) is 6.25. The Labute approximate surface area is 192 Å². The smallest absolute Gasteiger partial charge is 0.310 e. The van der Waals surface area contributed by atoms with Crippen LogP contribution in [-0.4, -0.2) is 24.9 Å². The molecule has 0 radical (unpaired) electrons. The van der Waals surface area contributed by atoms with Gasteiger partial charge in [-0.05, 0) is 37.5 Å². The SMILES string of the molecule is CCC(=O)Oc1cn([C@H](C)CCc2ccccc2)c2nc(CC)n3c4ccccc4nc3c12. The van der Waals surface area contributed by atoms with Crippen LogP contribution in [-0.2, 0) is 17.6 Å². The molecule has 0 N–H and O–H groups in total. The highest BCUT2D eigenvalue weighted by atomic mass is 16.5. The standard InChI is InChI=1S/C27H28N4O2/c1-4-23-29-26-25(27-28-20-13-9-10-14-21(20)31(23)27)22(33-24(32)5-2)17-30(26)18(3)15-16-19-11-7-6-8-12-19/h6-14,17-18H,4-5,15-16H2,1-3H3/t18-/m1/s1. The van der Waals surface area contributed by atoms with Crippen molar-refractivity contribution < 1.29 is 9.53 Å². The Balaban J connectivity index is 1.69. The van der Waals surface area contributed by atoms with Crippen LogP contribution in [0.4, 0.5) is 0 Å². The number of carbonyl (C=O) groups is 1. The monoisotopic (exact) mass is 440 g/mol. The van der Waals surface area contributed by atoms with Gasteiger partial charge in [0.2, 0.25) is 0 Å². The molecule has 0 saturated carbocycles. The molecule has 0 aliphatic heterocycles. The van der Waals surface area contributed by atoms with Crippen molar-refractivity contribution in [1.82, 2.24) is 18.9 Å². The highest BCUT2D eigenvalue weighted by Crippen LogP contribution is 2.36. The molecule has 3 heterocycles. The lowest BCUT2D eigenvalue weighted by Gasteiger charge is -2.15. The number of benzene rings is 2. The quantitative estimate of drug-likeness (QED) is 0.295. The van der Waals surface area contributed by atoms with Crippen molar-refractivity contribution in [2.45, 2.75) is 52.5 Å². The first-order valence-corrected chi connectivity index (χ1v) is 11.7. The lowest BCUT2D eigenvalue weighted by molar-refractivity contribution is -0.133. The Morgan fingerprint density at radius 1 is 1.00 bits per heavy atom. The van der Waals surface area contributed by atoms with Crippen molar-refractivity contribution >= 4 is 33.7 Å². The fraction of sp³-hybridized carbons (Fsp3) is 0.296. The van der Waals surface area contributed by atoms with E-state index in [4.69, 9.17) is 14.7 Å². The van der Waals surface area contributed by atoms with Crippen LogP contribution in [0.3, 0.4) is 0 Å². The molecule has 5 rings (SSSR count). The summed E-state index contributed by atoms with van der Waals surface area (Å²) in [5.74, 6) is 1.20. The molecule has 0 spiro atoms. The maximum atomic E-state index is 12.3. The lowest BCUT2D eigenvalue weighted by Crippen LogP contribution is -2.08. The van der Waals surface area contributed by atoms with Gasteiger partial charge in [-0.25, -0.2) is 9.97 Å². The van der Waals surface area contributed by atoms with E-state index >= 15 is 0 Å². The van der Waals surface area contributed by atoms with E-state index in [1.54, 1.807) is 6.92 Å². The van der Waals surface area contributed by atoms with Gasteiger partial charge in [0.1, 0.15) is 16.9 Å². The second-order valence-electron chi connectivity index (χ2n) is 8.44. The third kappa shape index (κ3) is 3.75. The van der Waals surface area contributed by atoms with Gasteiger partial charge in [-0.3, -0.25) is 9.20 Å². The first-order valence-electron chi connectivity index (χ1n) is 11.7. The van der Waals surface area contributed by atoms with Crippen molar-refractivity contribution in [3.05, 3.63) is 72.2 Å². The molecule has 0 unspecified atom stereocenters. The van der Waals surface area contributed by atoms with E-state index in [0.29, 0.717) is 12.2 Å². The number of hydrogen-bond acceptors (Lipinski definition) is 4. The van der Waals surface area contributed by atoms with Crippen molar-refractivity contribution in [2.24, 2.45) is 0 Å². The Morgan fingerprint density at radius 2 is 1.76 bits per heavy atom. The fourth-order valence-electron chi connectivity index (χ4n) is 4.45. The molecule has 0 amide bonds. The Kier molecular flexibility index (Phi) is 5.58. The maximum absolute atomic E-state index is 12.3. The van der Waals surface area contributed by atoms with Crippen molar-refractivity contribution in [1.29, 1.82) is 0 Å². The highest BCUT2D eigenvalue weighted by molar-refractivity contribution is 6.01. The van der Waals surface area contributed by atoms with Gasteiger partial charge in [0, 0.05) is 25.1 Å². The molecular formula is C27H28N4O2. The average molecular weight is 441 g/mol. The number of ether oxygens (including phenoxy) is 1. The molecule has 5 aromatic rings. The summed E-state index contributed by atoms with van der Waals surface area (Å²) in [5.41, 5.74) is 4.82. The van der Waals surface area contributed by atoms with E-state index < -0.39 is 0 Å². The van der Waals surface area contributed by atoms with E-state index in [2.05, 4.69) is 53.1 Å². The van der Waals surface area contributed by atoms with Crippen molar-refractivity contribution in [2.75, 3.05) is 0 Å². The van der Waals surface area contributed by atoms with Gasteiger partial charge in [-0.2, -0.15) is 0 Å². The van der Waals surface area contributed by atoms with Crippen LogP contribution in [0.15, 0.2) is 60.8 Å². The highest BCUT2D eigenvalue weighted by Gasteiger charge is 2.23. The van der Waals surface area contributed by atoms with Crippen LogP contribution >= 0.6 is 0 Å². The molecule has 0 aliphatic carbocycles. The molecule has 6 heteroatoms. The Hall–Kier alpha value is -3.67. The van der Waals surface area contributed by atoms with Crippen molar-refractivity contribution in [3.63, 3.8) is 0 Å². The molecule has 0 bridgehead atoms. The minimum absolute atomic E-state index is 0.172. The zero-order chi connectivity index (χ0) is 22.9. The lowest BCUT2D eigenvalue weighted by atomic mass is 10.1. The number of imidazole rings is 1. The molecule has 1 atom stereocenters. The molecule has 33 heavy (non-hydrogen) atoms. The normalized spacial score (nSPS) is 12.6. The number of fused-ring (bicyclic) bond motifs is 5. The summed E-state index contributed by atoms with van der Waals surface area (Å²) in [7, 11) is 0. The first kappa shape index (κ1) is 21.2. The van der Waals surface area contributed by atoms with Crippen molar-refractivity contribution in [3.8, 4) is 5.75 Å². The zero-order valence-corrected chi connectivity index (χ0v) is 19.3. The number of carbonyl (C=O) groups excluding carboxylic acids is 1. The predicted molar refractivity (Wildman–Crippen MR) is 131 cm³/mol. The van der Waals surface area contributed by atoms with Gasteiger partial charge >= 0.3 is 5.97 Å². The molecule has 0 aliphatic rings. The van der Waals surface area contributed by atoms with Gasteiger partial charge in [-0.15, -0.1) is 0 Å². The minimum Gasteiger partial charge on any atom is -0.424 e.